The van der Waals surface area contributed by atoms with E-state index in [2.05, 4.69) is 10.4 Å². The van der Waals surface area contributed by atoms with Gasteiger partial charge in [0.05, 0.1) is 42.3 Å². The van der Waals surface area contributed by atoms with E-state index in [1.54, 1.807) is 0 Å². The zero-order valence-electron chi connectivity index (χ0n) is 11.5. The van der Waals surface area contributed by atoms with Crippen LogP contribution in [0.15, 0.2) is 36.5 Å². The van der Waals surface area contributed by atoms with Gasteiger partial charge in [0.1, 0.15) is 0 Å². The van der Waals surface area contributed by atoms with E-state index in [4.69, 9.17) is 4.74 Å². The highest BCUT2D eigenvalue weighted by Crippen LogP contribution is 2.28. The summed E-state index contributed by atoms with van der Waals surface area (Å²) in [6.45, 7) is 4.03. The number of ether oxygens (including phenoxy) is 1. The second kappa shape index (κ2) is 5.26. The van der Waals surface area contributed by atoms with Gasteiger partial charge in [-0.05, 0) is 25.1 Å². The average molecular weight is 273 g/mol. The van der Waals surface area contributed by atoms with Crippen LogP contribution in [0.3, 0.4) is 0 Å². The third-order valence-electron chi connectivity index (χ3n) is 3.68. The third kappa shape index (κ3) is 2.42. The zero-order chi connectivity index (χ0) is 14.0. The summed E-state index contributed by atoms with van der Waals surface area (Å²) in [5, 5.41) is 17.3. The molecule has 0 amide bonds. The summed E-state index contributed by atoms with van der Waals surface area (Å²) in [5.74, 6) is 0. The minimum atomic E-state index is -0.146. The Morgan fingerprint density at radius 1 is 1.35 bits per heavy atom. The molecule has 0 spiro atoms. The Kier molecular flexibility index (Phi) is 3.46. The maximum atomic E-state index is 9.47. The van der Waals surface area contributed by atoms with Crippen molar-refractivity contribution in [2.24, 2.45) is 5.41 Å². The molecule has 0 aliphatic carbocycles. The van der Waals surface area contributed by atoms with Crippen LogP contribution < -0.4 is 5.32 Å². The number of hydrogen-bond donors (Lipinski definition) is 2. The number of hydrogen-bond acceptors (Lipinski definition) is 4. The van der Waals surface area contributed by atoms with Gasteiger partial charge in [0, 0.05) is 12.7 Å². The quantitative estimate of drug-likeness (QED) is 0.869. The number of nitrogens with one attached hydrogen (secondary N) is 1. The molecule has 1 fully saturated rings. The lowest BCUT2D eigenvalue weighted by Crippen LogP contribution is -2.50. The first-order valence-corrected chi connectivity index (χ1v) is 6.77. The molecule has 5 nitrogen and oxygen atoms in total. The van der Waals surface area contributed by atoms with Crippen molar-refractivity contribution in [1.82, 2.24) is 9.78 Å². The molecule has 0 radical (unpaired) electrons. The fraction of sp³-hybridized carbons (Fsp3) is 0.400. The molecule has 1 aromatic heterocycles. The van der Waals surface area contributed by atoms with Gasteiger partial charge in [-0.3, -0.25) is 0 Å². The Labute approximate surface area is 118 Å². The highest BCUT2D eigenvalue weighted by Gasteiger charge is 2.37. The SMILES string of the molecule is Cc1ccn(-c2ccccc2NCC2(CO)COC2)n1. The highest BCUT2D eigenvalue weighted by molar-refractivity contribution is 5.60. The maximum absolute atomic E-state index is 9.47. The first-order valence-electron chi connectivity index (χ1n) is 6.77. The normalized spacial score (nSPS) is 16.7. The van der Waals surface area contributed by atoms with Gasteiger partial charge in [0.15, 0.2) is 0 Å². The van der Waals surface area contributed by atoms with Crippen LogP contribution in [0, 0.1) is 12.3 Å². The maximum Gasteiger partial charge on any atom is 0.0876 e. The van der Waals surface area contributed by atoms with Crippen LogP contribution in [0.25, 0.3) is 5.69 Å². The van der Waals surface area contributed by atoms with Crippen LogP contribution in [0.4, 0.5) is 5.69 Å². The van der Waals surface area contributed by atoms with Crippen molar-refractivity contribution in [2.75, 3.05) is 31.7 Å². The van der Waals surface area contributed by atoms with E-state index in [0.29, 0.717) is 19.8 Å². The number of benzene rings is 1. The molecular formula is C15H19N3O2. The van der Waals surface area contributed by atoms with Crippen molar-refractivity contribution >= 4 is 5.69 Å². The smallest absolute Gasteiger partial charge is 0.0876 e. The first-order chi connectivity index (χ1) is 9.72. The van der Waals surface area contributed by atoms with Crippen molar-refractivity contribution in [3.63, 3.8) is 0 Å². The Morgan fingerprint density at radius 3 is 2.75 bits per heavy atom. The first kappa shape index (κ1) is 13.1. The molecule has 106 valence electrons. The van der Waals surface area contributed by atoms with E-state index < -0.39 is 0 Å². The molecule has 1 aromatic carbocycles. The lowest BCUT2D eigenvalue weighted by molar-refractivity contribution is -0.128. The van der Waals surface area contributed by atoms with E-state index in [-0.39, 0.29) is 12.0 Å². The molecule has 5 heteroatoms. The van der Waals surface area contributed by atoms with Gasteiger partial charge in [-0.15, -0.1) is 0 Å². The van der Waals surface area contributed by atoms with E-state index in [0.717, 1.165) is 17.1 Å². The van der Waals surface area contributed by atoms with E-state index in [1.807, 2.05) is 48.1 Å². The third-order valence-corrected chi connectivity index (χ3v) is 3.68. The molecule has 1 aliphatic heterocycles. The Hall–Kier alpha value is -1.85. The molecule has 2 N–H and O–H groups in total. The molecule has 0 atom stereocenters. The molecule has 2 heterocycles. The molecule has 0 bridgehead atoms. The largest absolute Gasteiger partial charge is 0.396 e. The van der Waals surface area contributed by atoms with Crippen molar-refractivity contribution in [3.05, 3.63) is 42.2 Å². The number of aliphatic hydroxyl groups excluding tert-OH is 1. The fourth-order valence-electron chi connectivity index (χ4n) is 2.29. The summed E-state index contributed by atoms with van der Waals surface area (Å²) in [4.78, 5) is 0. The van der Waals surface area contributed by atoms with Crippen molar-refractivity contribution < 1.29 is 9.84 Å². The molecule has 2 aromatic rings. The number of aliphatic hydroxyl groups is 1. The van der Waals surface area contributed by atoms with Crippen LogP contribution in [-0.4, -0.2) is 41.3 Å². The van der Waals surface area contributed by atoms with Gasteiger partial charge in [0.25, 0.3) is 0 Å². The number of nitrogens with zero attached hydrogens (tertiary/aromatic N) is 2. The molecule has 3 rings (SSSR count). The predicted octanol–water partition coefficient (Wildman–Crippen LogP) is 1.60. The second-order valence-electron chi connectivity index (χ2n) is 5.42. The van der Waals surface area contributed by atoms with Crippen LogP contribution >= 0.6 is 0 Å². The van der Waals surface area contributed by atoms with Crippen LogP contribution in [-0.2, 0) is 4.74 Å². The van der Waals surface area contributed by atoms with Gasteiger partial charge < -0.3 is 15.2 Å². The number of anilines is 1. The Balaban J connectivity index is 1.80. The Morgan fingerprint density at radius 2 is 2.15 bits per heavy atom. The average Bonchev–Trinajstić information content (AvgIpc) is 2.85. The fourth-order valence-corrected chi connectivity index (χ4v) is 2.29. The molecular weight excluding hydrogens is 254 g/mol. The van der Waals surface area contributed by atoms with Crippen LogP contribution in [0.1, 0.15) is 5.69 Å². The van der Waals surface area contributed by atoms with E-state index >= 15 is 0 Å². The molecule has 1 saturated heterocycles. The minimum absolute atomic E-state index is 0.142. The van der Waals surface area contributed by atoms with Gasteiger partial charge in [-0.25, -0.2) is 4.68 Å². The van der Waals surface area contributed by atoms with Gasteiger partial charge in [-0.1, -0.05) is 12.1 Å². The summed E-state index contributed by atoms with van der Waals surface area (Å²) >= 11 is 0. The lowest BCUT2D eigenvalue weighted by atomic mass is 9.87. The molecule has 20 heavy (non-hydrogen) atoms. The van der Waals surface area contributed by atoms with Crippen molar-refractivity contribution in [3.8, 4) is 5.69 Å². The number of para-hydroxylation sites is 2. The lowest BCUT2D eigenvalue weighted by Gasteiger charge is -2.40. The van der Waals surface area contributed by atoms with E-state index in [9.17, 15) is 5.11 Å². The molecule has 0 saturated carbocycles. The zero-order valence-corrected chi connectivity index (χ0v) is 11.5. The number of aromatic nitrogens is 2. The monoisotopic (exact) mass is 273 g/mol. The minimum Gasteiger partial charge on any atom is -0.396 e. The van der Waals surface area contributed by atoms with Crippen molar-refractivity contribution in [1.29, 1.82) is 0 Å². The molecule has 1 aliphatic rings. The second-order valence-corrected chi connectivity index (χ2v) is 5.42. The van der Waals surface area contributed by atoms with Gasteiger partial charge in [-0.2, -0.15) is 5.10 Å². The summed E-state index contributed by atoms with van der Waals surface area (Å²) < 4.78 is 7.08. The highest BCUT2D eigenvalue weighted by atomic mass is 16.5. The van der Waals surface area contributed by atoms with E-state index in [1.165, 1.54) is 0 Å². The predicted molar refractivity (Wildman–Crippen MR) is 77.1 cm³/mol. The summed E-state index contributed by atoms with van der Waals surface area (Å²) in [5.41, 5.74) is 2.86. The van der Waals surface area contributed by atoms with Crippen molar-refractivity contribution in [2.45, 2.75) is 6.92 Å². The summed E-state index contributed by atoms with van der Waals surface area (Å²) in [6.07, 6.45) is 1.95. The van der Waals surface area contributed by atoms with Gasteiger partial charge in [0.2, 0.25) is 0 Å². The summed E-state index contributed by atoms with van der Waals surface area (Å²) in [7, 11) is 0. The standard InChI is InChI=1S/C15H19N3O2/c1-12-6-7-18(17-12)14-5-3-2-4-13(14)16-8-15(9-19)10-20-11-15/h2-7,16,19H,8-11H2,1H3. The number of aryl methyl sites for hydroxylation is 1. The van der Waals surface area contributed by atoms with Crippen LogP contribution in [0.5, 0.6) is 0 Å². The Bertz CT molecular complexity index is 585. The molecule has 0 unspecified atom stereocenters. The topological polar surface area (TPSA) is 59.3 Å². The number of rotatable bonds is 5. The van der Waals surface area contributed by atoms with Gasteiger partial charge >= 0.3 is 0 Å². The van der Waals surface area contributed by atoms with Crippen LogP contribution in [0.2, 0.25) is 0 Å². The summed E-state index contributed by atoms with van der Waals surface area (Å²) in [6, 6.07) is 10.0.